The first-order valence-electron chi connectivity index (χ1n) is 6.90. The minimum Gasteiger partial charge on any atom is -0.376 e. The monoisotopic (exact) mass is 340 g/mol. The molecule has 2 rings (SSSR count). The van der Waals surface area contributed by atoms with Gasteiger partial charge >= 0.3 is 0 Å². The Morgan fingerprint density at radius 2 is 2.30 bits per heavy atom. The molecule has 0 saturated carbocycles. The van der Waals surface area contributed by atoms with Gasteiger partial charge in [-0.15, -0.1) is 0 Å². The fourth-order valence-corrected chi connectivity index (χ4v) is 2.91. The number of morpholine rings is 1. The van der Waals surface area contributed by atoms with E-state index in [1.165, 1.54) is 0 Å². The molecule has 0 radical (unpaired) electrons. The Morgan fingerprint density at radius 1 is 1.55 bits per heavy atom. The van der Waals surface area contributed by atoms with Crippen LogP contribution in [0.15, 0.2) is 22.7 Å². The van der Waals surface area contributed by atoms with E-state index >= 15 is 0 Å². The third-order valence-electron chi connectivity index (χ3n) is 3.58. The van der Waals surface area contributed by atoms with Crippen LogP contribution < -0.4 is 5.32 Å². The second-order valence-electron chi connectivity index (χ2n) is 5.32. The van der Waals surface area contributed by atoms with Crippen LogP contribution in [-0.4, -0.2) is 42.6 Å². The largest absolute Gasteiger partial charge is 0.376 e. The number of hydrogen-bond acceptors (Lipinski definition) is 3. The van der Waals surface area contributed by atoms with Gasteiger partial charge in [-0.1, -0.05) is 6.07 Å². The summed E-state index contributed by atoms with van der Waals surface area (Å²) in [5, 5.41) is 2.98. The van der Waals surface area contributed by atoms with Crippen LogP contribution in [0.1, 0.15) is 19.4 Å². The average Bonchev–Trinajstić information content (AvgIpc) is 2.41. The molecule has 1 aromatic rings. The molecule has 0 aromatic heterocycles. The Hall–Kier alpha value is -0.910. The van der Waals surface area contributed by atoms with E-state index in [0.29, 0.717) is 6.61 Å². The quantitative estimate of drug-likeness (QED) is 0.919. The van der Waals surface area contributed by atoms with Gasteiger partial charge in [-0.25, -0.2) is 0 Å². The summed E-state index contributed by atoms with van der Waals surface area (Å²) in [7, 11) is 0. The number of amides is 1. The molecule has 4 nitrogen and oxygen atoms in total. The van der Waals surface area contributed by atoms with E-state index in [0.717, 1.165) is 28.8 Å². The minimum absolute atomic E-state index is 0.0173. The van der Waals surface area contributed by atoms with Crippen LogP contribution in [0.4, 0.5) is 5.69 Å². The first-order valence-corrected chi connectivity index (χ1v) is 7.69. The minimum atomic E-state index is -0.158. The van der Waals surface area contributed by atoms with Gasteiger partial charge in [0.05, 0.1) is 24.4 Å². The lowest BCUT2D eigenvalue weighted by molar-refractivity contribution is -0.123. The number of halogens is 1. The van der Waals surface area contributed by atoms with Crippen molar-refractivity contribution in [3.8, 4) is 0 Å². The topological polar surface area (TPSA) is 41.6 Å². The summed E-state index contributed by atoms with van der Waals surface area (Å²) in [6.45, 7) is 8.28. The summed E-state index contributed by atoms with van der Waals surface area (Å²) in [6.07, 6.45) is 0.185. The second kappa shape index (κ2) is 6.70. The highest BCUT2D eigenvalue weighted by Gasteiger charge is 2.26. The molecule has 1 aliphatic rings. The Labute approximate surface area is 128 Å². The fraction of sp³-hybridized carbons (Fsp3) is 0.533. The summed E-state index contributed by atoms with van der Waals surface area (Å²) >= 11 is 3.48. The maximum atomic E-state index is 12.3. The SMILES string of the molecule is Cc1ccc(NC(=O)C(C)N2CCOC(C)C2)c(Br)c1. The van der Waals surface area contributed by atoms with Gasteiger partial charge in [0.2, 0.25) is 5.91 Å². The molecule has 1 N–H and O–H groups in total. The highest BCUT2D eigenvalue weighted by atomic mass is 79.9. The summed E-state index contributed by atoms with van der Waals surface area (Å²) in [6, 6.07) is 5.75. The predicted molar refractivity (Wildman–Crippen MR) is 84.0 cm³/mol. The van der Waals surface area contributed by atoms with Gasteiger partial charge in [0.1, 0.15) is 0 Å². The number of nitrogens with one attached hydrogen (secondary N) is 1. The van der Waals surface area contributed by atoms with Gasteiger partial charge in [0.25, 0.3) is 0 Å². The summed E-state index contributed by atoms with van der Waals surface area (Å²) in [5.74, 6) is 0.0173. The highest BCUT2D eigenvalue weighted by molar-refractivity contribution is 9.10. The zero-order chi connectivity index (χ0) is 14.7. The van der Waals surface area contributed by atoms with E-state index in [4.69, 9.17) is 4.74 Å². The molecule has 1 heterocycles. The Kier molecular flexibility index (Phi) is 5.18. The average molecular weight is 341 g/mol. The van der Waals surface area contributed by atoms with Gasteiger partial charge in [0, 0.05) is 17.6 Å². The van der Waals surface area contributed by atoms with Crippen molar-refractivity contribution in [3.05, 3.63) is 28.2 Å². The summed E-state index contributed by atoms with van der Waals surface area (Å²) < 4.78 is 6.42. The van der Waals surface area contributed by atoms with Crippen LogP contribution >= 0.6 is 15.9 Å². The molecule has 0 spiro atoms. The Balaban J connectivity index is 2.00. The number of carbonyl (C=O) groups is 1. The molecule has 1 aromatic carbocycles. The highest BCUT2D eigenvalue weighted by Crippen LogP contribution is 2.23. The number of hydrogen-bond donors (Lipinski definition) is 1. The molecular formula is C15H21BrN2O2. The summed E-state index contributed by atoms with van der Waals surface area (Å²) in [5.41, 5.74) is 1.97. The molecule has 20 heavy (non-hydrogen) atoms. The molecule has 1 amide bonds. The third-order valence-corrected chi connectivity index (χ3v) is 4.24. The maximum Gasteiger partial charge on any atom is 0.241 e. The lowest BCUT2D eigenvalue weighted by Gasteiger charge is -2.34. The van der Waals surface area contributed by atoms with Crippen LogP contribution in [0.3, 0.4) is 0 Å². The van der Waals surface area contributed by atoms with E-state index in [1.54, 1.807) is 0 Å². The Morgan fingerprint density at radius 3 is 2.95 bits per heavy atom. The molecule has 0 aliphatic carbocycles. The van der Waals surface area contributed by atoms with E-state index in [2.05, 4.69) is 26.1 Å². The standard InChI is InChI=1S/C15H21BrN2O2/c1-10-4-5-14(13(16)8-10)17-15(19)12(3)18-6-7-20-11(2)9-18/h4-5,8,11-12H,6-7,9H2,1-3H3,(H,17,19). The normalized spacial score (nSPS) is 21.5. The lowest BCUT2D eigenvalue weighted by Crippen LogP contribution is -2.50. The molecule has 0 bridgehead atoms. The molecule has 5 heteroatoms. The van der Waals surface area contributed by atoms with Gasteiger partial charge < -0.3 is 10.1 Å². The van der Waals surface area contributed by atoms with Gasteiger partial charge in [-0.3, -0.25) is 9.69 Å². The predicted octanol–water partition coefficient (Wildman–Crippen LogP) is 2.81. The zero-order valence-electron chi connectivity index (χ0n) is 12.1. The van der Waals surface area contributed by atoms with Crippen molar-refractivity contribution < 1.29 is 9.53 Å². The number of ether oxygens (including phenoxy) is 1. The molecule has 2 atom stereocenters. The number of nitrogens with zero attached hydrogens (tertiary/aromatic N) is 1. The van der Waals surface area contributed by atoms with Crippen molar-refractivity contribution in [2.45, 2.75) is 32.9 Å². The number of rotatable bonds is 3. The Bertz CT molecular complexity index is 493. The maximum absolute atomic E-state index is 12.3. The van der Waals surface area contributed by atoms with E-state index in [1.807, 2.05) is 39.0 Å². The van der Waals surface area contributed by atoms with Crippen LogP contribution in [0, 0.1) is 6.92 Å². The van der Waals surface area contributed by atoms with Gasteiger partial charge in [-0.05, 0) is 54.4 Å². The van der Waals surface area contributed by atoms with Crippen molar-refractivity contribution in [2.24, 2.45) is 0 Å². The first kappa shape index (κ1) is 15.5. The first-order chi connectivity index (χ1) is 9.47. The second-order valence-corrected chi connectivity index (χ2v) is 6.18. The number of anilines is 1. The van der Waals surface area contributed by atoms with Crippen molar-refractivity contribution in [1.82, 2.24) is 4.90 Å². The molecule has 2 unspecified atom stereocenters. The zero-order valence-corrected chi connectivity index (χ0v) is 13.7. The van der Waals surface area contributed by atoms with Crippen LogP contribution in [0.25, 0.3) is 0 Å². The van der Waals surface area contributed by atoms with Gasteiger partial charge in [-0.2, -0.15) is 0 Å². The van der Waals surface area contributed by atoms with E-state index in [9.17, 15) is 4.79 Å². The van der Waals surface area contributed by atoms with Crippen molar-refractivity contribution in [2.75, 3.05) is 25.0 Å². The molecular weight excluding hydrogens is 320 g/mol. The summed E-state index contributed by atoms with van der Waals surface area (Å²) in [4.78, 5) is 14.5. The van der Waals surface area contributed by atoms with E-state index < -0.39 is 0 Å². The van der Waals surface area contributed by atoms with E-state index in [-0.39, 0.29) is 18.1 Å². The number of benzene rings is 1. The molecule has 1 aliphatic heterocycles. The van der Waals surface area contributed by atoms with Crippen molar-refractivity contribution >= 4 is 27.5 Å². The van der Waals surface area contributed by atoms with Crippen LogP contribution in [0.2, 0.25) is 0 Å². The number of aryl methyl sites for hydroxylation is 1. The molecule has 110 valence electrons. The van der Waals surface area contributed by atoms with Crippen molar-refractivity contribution in [1.29, 1.82) is 0 Å². The van der Waals surface area contributed by atoms with Crippen LogP contribution in [0.5, 0.6) is 0 Å². The third kappa shape index (κ3) is 3.81. The fourth-order valence-electron chi connectivity index (χ4n) is 2.32. The van der Waals surface area contributed by atoms with Crippen LogP contribution in [-0.2, 0) is 9.53 Å². The number of carbonyl (C=O) groups excluding carboxylic acids is 1. The smallest absolute Gasteiger partial charge is 0.241 e. The lowest BCUT2D eigenvalue weighted by atomic mass is 10.2. The molecule has 1 fully saturated rings. The van der Waals surface area contributed by atoms with Crippen molar-refractivity contribution in [3.63, 3.8) is 0 Å². The molecule has 1 saturated heterocycles. The van der Waals surface area contributed by atoms with Gasteiger partial charge in [0.15, 0.2) is 0 Å².